The lowest BCUT2D eigenvalue weighted by Crippen LogP contribution is -1.91. The van der Waals surface area contributed by atoms with Crippen LogP contribution in [0.4, 0.5) is 0 Å². The first-order valence-corrected chi connectivity index (χ1v) is 16.9. The van der Waals surface area contributed by atoms with Crippen molar-refractivity contribution in [2.75, 3.05) is 0 Å². The first kappa shape index (κ1) is 26.7. The average molecular weight is 621 g/mol. The second-order valence-corrected chi connectivity index (χ2v) is 13.3. The lowest BCUT2D eigenvalue weighted by atomic mass is 9.91. The summed E-state index contributed by atoms with van der Waals surface area (Å²) in [6.07, 6.45) is 2.73. The van der Waals surface area contributed by atoms with Crippen molar-refractivity contribution in [2.24, 2.45) is 0 Å². The molecule has 49 heavy (non-hydrogen) atoms. The molecule has 2 heterocycles. The molecule has 0 N–H and O–H groups in total. The number of benzene rings is 8. The maximum atomic E-state index is 5.21. The van der Waals surface area contributed by atoms with Crippen LogP contribution >= 0.6 is 0 Å². The van der Waals surface area contributed by atoms with Gasteiger partial charge >= 0.3 is 0 Å². The van der Waals surface area contributed by atoms with E-state index < -0.39 is 0 Å². The normalized spacial score (nSPS) is 12.2. The Morgan fingerprint density at radius 2 is 0.980 bits per heavy atom. The second-order valence-electron chi connectivity index (χ2n) is 13.3. The SMILES string of the molecule is c1cnc2c(c1)ccc1ccc(-c3ccc4c5c(cccc35)-c3cc(Cc5ccc6c7ccccc7c7ccccc7c6c5)ccc3-4)nc12. The molecule has 0 spiro atoms. The third-order valence-corrected chi connectivity index (χ3v) is 10.6. The third kappa shape index (κ3) is 3.89. The standard InChI is InChI=1S/C47H28N2/c1-2-10-34-32(8-1)33-9-3-4-11-35(33)42-26-28(14-19-36(34)42)25-29-15-20-37-41-22-21-38(39-12-5-13-40(45(39)41)43(37)27-29)44-23-18-31-17-16-30-7-6-24-48-46(30)47(31)49-44/h1-24,26-27H,25H2. The summed E-state index contributed by atoms with van der Waals surface area (Å²) in [7, 11) is 0. The van der Waals surface area contributed by atoms with Gasteiger partial charge in [-0.05, 0) is 95.0 Å². The van der Waals surface area contributed by atoms with E-state index in [4.69, 9.17) is 4.98 Å². The molecule has 226 valence electrons. The molecule has 0 amide bonds. The second kappa shape index (κ2) is 10.1. The first-order chi connectivity index (χ1) is 24.3. The molecule has 0 fully saturated rings. The summed E-state index contributed by atoms with van der Waals surface area (Å²) in [6, 6.07) is 55.7. The maximum absolute atomic E-state index is 5.21. The predicted molar refractivity (Wildman–Crippen MR) is 206 cm³/mol. The lowest BCUT2D eigenvalue weighted by Gasteiger charge is -2.12. The summed E-state index contributed by atoms with van der Waals surface area (Å²) in [4.78, 5) is 9.90. The predicted octanol–water partition coefficient (Wildman–Crippen LogP) is 12.3. The molecule has 11 rings (SSSR count). The van der Waals surface area contributed by atoms with Crippen molar-refractivity contribution in [3.63, 3.8) is 0 Å². The van der Waals surface area contributed by atoms with Gasteiger partial charge in [0.25, 0.3) is 0 Å². The van der Waals surface area contributed by atoms with Crippen molar-refractivity contribution < 1.29 is 0 Å². The van der Waals surface area contributed by atoms with Crippen molar-refractivity contribution in [3.05, 3.63) is 169 Å². The molecule has 2 aromatic heterocycles. The van der Waals surface area contributed by atoms with Gasteiger partial charge in [0.2, 0.25) is 0 Å². The zero-order valence-corrected chi connectivity index (χ0v) is 26.6. The summed E-state index contributed by atoms with van der Waals surface area (Å²) in [5.41, 5.74) is 11.9. The van der Waals surface area contributed by atoms with Gasteiger partial charge in [0.15, 0.2) is 0 Å². The quantitative estimate of drug-likeness (QED) is 0.184. The van der Waals surface area contributed by atoms with Gasteiger partial charge < -0.3 is 0 Å². The van der Waals surface area contributed by atoms with Crippen LogP contribution in [-0.4, -0.2) is 9.97 Å². The minimum absolute atomic E-state index is 0.880. The Labute approximate surface area is 282 Å². The molecular weight excluding hydrogens is 593 g/mol. The molecule has 0 saturated carbocycles. The molecule has 2 nitrogen and oxygen atoms in total. The third-order valence-electron chi connectivity index (χ3n) is 10.6. The van der Waals surface area contributed by atoms with E-state index in [1.54, 1.807) is 0 Å². The molecule has 0 radical (unpaired) electrons. The van der Waals surface area contributed by atoms with Crippen LogP contribution in [0, 0.1) is 0 Å². The van der Waals surface area contributed by atoms with E-state index in [1.807, 2.05) is 12.3 Å². The van der Waals surface area contributed by atoms with Crippen LogP contribution in [0.3, 0.4) is 0 Å². The van der Waals surface area contributed by atoms with Gasteiger partial charge in [-0.3, -0.25) is 4.98 Å². The Bertz CT molecular complexity index is 2990. The zero-order chi connectivity index (χ0) is 32.1. The Kier molecular flexibility index (Phi) is 5.47. The van der Waals surface area contributed by atoms with E-state index in [1.165, 1.54) is 76.5 Å². The topological polar surface area (TPSA) is 25.8 Å². The highest BCUT2D eigenvalue weighted by atomic mass is 14.8. The van der Waals surface area contributed by atoms with Crippen molar-refractivity contribution in [2.45, 2.75) is 6.42 Å². The molecule has 2 heteroatoms. The van der Waals surface area contributed by atoms with Gasteiger partial charge in [-0.2, -0.15) is 0 Å². The number of nitrogens with zero attached hydrogens (tertiary/aromatic N) is 2. The van der Waals surface area contributed by atoms with Crippen molar-refractivity contribution in [1.82, 2.24) is 9.97 Å². The summed E-state index contributed by atoms with van der Waals surface area (Å²) < 4.78 is 0. The van der Waals surface area contributed by atoms with Crippen molar-refractivity contribution >= 4 is 64.9 Å². The van der Waals surface area contributed by atoms with Crippen molar-refractivity contribution in [3.8, 4) is 33.5 Å². The van der Waals surface area contributed by atoms with Crippen LogP contribution in [0.2, 0.25) is 0 Å². The molecule has 0 bridgehead atoms. The number of aromatic nitrogens is 2. The van der Waals surface area contributed by atoms with Crippen LogP contribution in [0.25, 0.3) is 98.4 Å². The Morgan fingerprint density at radius 3 is 1.80 bits per heavy atom. The number of hydrogen-bond donors (Lipinski definition) is 0. The number of rotatable bonds is 3. The van der Waals surface area contributed by atoms with Crippen molar-refractivity contribution in [1.29, 1.82) is 0 Å². The molecule has 0 atom stereocenters. The molecule has 1 aliphatic carbocycles. The number of hydrogen-bond acceptors (Lipinski definition) is 2. The van der Waals surface area contributed by atoms with Gasteiger partial charge in [-0.15, -0.1) is 0 Å². The molecule has 10 aromatic rings. The van der Waals surface area contributed by atoms with Crippen LogP contribution in [0.1, 0.15) is 11.1 Å². The Balaban J connectivity index is 1.01. The Hall–Kier alpha value is -6.38. The smallest absolute Gasteiger partial charge is 0.0972 e. The maximum Gasteiger partial charge on any atom is 0.0972 e. The van der Waals surface area contributed by atoms with Crippen LogP contribution in [-0.2, 0) is 6.42 Å². The molecule has 8 aromatic carbocycles. The van der Waals surface area contributed by atoms with E-state index in [2.05, 4.69) is 151 Å². The summed E-state index contributed by atoms with van der Waals surface area (Å²) >= 11 is 0. The van der Waals surface area contributed by atoms with Gasteiger partial charge in [0.05, 0.1) is 16.7 Å². The van der Waals surface area contributed by atoms with Gasteiger partial charge in [0.1, 0.15) is 0 Å². The van der Waals surface area contributed by atoms with Crippen LogP contribution in [0.15, 0.2) is 158 Å². The lowest BCUT2D eigenvalue weighted by molar-refractivity contribution is 1.20. The highest BCUT2D eigenvalue weighted by Gasteiger charge is 2.23. The van der Waals surface area contributed by atoms with E-state index in [9.17, 15) is 0 Å². The number of fused-ring (bicyclic) bond motifs is 12. The van der Waals surface area contributed by atoms with E-state index in [0.29, 0.717) is 0 Å². The van der Waals surface area contributed by atoms with E-state index in [-0.39, 0.29) is 0 Å². The fourth-order valence-corrected chi connectivity index (χ4v) is 8.41. The Morgan fingerprint density at radius 1 is 0.367 bits per heavy atom. The van der Waals surface area contributed by atoms with Crippen LogP contribution < -0.4 is 0 Å². The highest BCUT2D eigenvalue weighted by molar-refractivity contribution is 6.25. The highest BCUT2D eigenvalue weighted by Crippen LogP contribution is 2.49. The van der Waals surface area contributed by atoms with E-state index >= 15 is 0 Å². The molecule has 0 saturated heterocycles. The van der Waals surface area contributed by atoms with Gasteiger partial charge in [-0.25, -0.2) is 4.98 Å². The molecule has 0 unspecified atom stereocenters. The zero-order valence-electron chi connectivity index (χ0n) is 26.6. The monoisotopic (exact) mass is 620 g/mol. The molecule has 0 aliphatic heterocycles. The molecule has 1 aliphatic rings. The average Bonchev–Trinajstić information content (AvgIpc) is 3.49. The van der Waals surface area contributed by atoms with Gasteiger partial charge in [0, 0.05) is 22.5 Å². The fourth-order valence-electron chi connectivity index (χ4n) is 8.41. The van der Waals surface area contributed by atoms with Gasteiger partial charge in [-0.1, -0.05) is 140 Å². The minimum atomic E-state index is 0.880. The number of pyridine rings is 2. The van der Waals surface area contributed by atoms with Crippen LogP contribution in [0.5, 0.6) is 0 Å². The summed E-state index contributed by atoms with van der Waals surface area (Å²) in [6.45, 7) is 0. The largest absolute Gasteiger partial charge is 0.254 e. The minimum Gasteiger partial charge on any atom is -0.254 e. The summed E-state index contributed by atoms with van der Waals surface area (Å²) in [5.74, 6) is 0. The summed E-state index contributed by atoms with van der Waals surface area (Å²) in [5, 5.41) is 12.7. The first-order valence-electron chi connectivity index (χ1n) is 16.9. The fraction of sp³-hybridized carbons (Fsp3) is 0.0213. The van der Waals surface area contributed by atoms with E-state index in [0.717, 1.165) is 39.5 Å². The molecular formula is C47H28N2.